The van der Waals surface area contributed by atoms with E-state index in [2.05, 4.69) is 61.7 Å². The maximum Gasteiger partial charge on any atom is 0.0996 e. The lowest BCUT2D eigenvalue weighted by Gasteiger charge is -2.12. The molecule has 0 aliphatic rings. The van der Waals surface area contributed by atoms with Gasteiger partial charge in [-0.3, -0.25) is 0 Å². The highest BCUT2D eigenvalue weighted by atomic mass is 16.3. The number of furan rings is 1. The zero-order valence-electron chi connectivity index (χ0n) is 12.1. The summed E-state index contributed by atoms with van der Waals surface area (Å²) in [6, 6.07) is 15.1. The Kier molecular flexibility index (Phi) is 3.23. The molecule has 2 aromatic heterocycles. The Morgan fingerprint density at radius 2 is 1.70 bits per heavy atom. The highest BCUT2D eigenvalue weighted by Crippen LogP contribution is 2.27. The molecule has 0 fully saturated rings. The van der Waals surface area contributed by atoms with Crippen molar-refractivity contribution in [3.05, 3.63) is 66.2 Å². The van der Waals surface area contributed by atoms with Gasteiger partial charge >= 0.3 is 0 Å². The number of rotatable bonds is 3. The maximum atomic E-state index is 5.21. The zero-order chi connectivity index (χ0) is 14.1. The van der Waals surface area contributed by atoms with Crippen molar-refractivity contribution in [2.24, 2.45) is 0 Å². The summed E-state index contributed by atoms with van der Waals surface area (Å²) >= 11 is 0. The van der Waals surface area contributed by atoms with Crippen LogP contribution in [0.4, 0.5) is 0 Å². The predicted octanol–water partition coefficient (Wildman–Crippen LogP) is 5.17. The third-order valence-electron chi connectivity index (χ3n) is 3.71. The van der Waals surface area contributed by atoms with Gasteiger partial charge in [0.15, 0.2) is 0 Å². The molecular formula is C18H19NO. The molecule has 0 atom stereocenters. The van der Waals surface area contributed by atoms with Gasteiger partial charge in [-0.15, -0.1) is 0 Å². The predicted molar refractivity (Wildman–Crippen MR) is 82.3 cm³/mol. The van der Waals surface area contributed by atoms with Crippen molar-refractivity contribution in [2.75, 3.05) is 0 Å². The molecule has 1 aromatic carbocycles. The van der Waals surface area contributed by atoms with Crippen LogP contribution >= 0.6 is 0 Å². The Hall–Kier alpha value is -2.22. The molecule has 102 valence electrons. The zero-order valence-corrected chi connectivity index (χ0v) is 12.1. The van der Waals surface area contributed by atoms with E-state index in [4.69, 9.17) is 4.42 Å². The molecule has 2 heterocycles. The SMILES string of the molecule is Cc1ccc(-c2ccoc2)n1-c1ccc(C(C)C)cc1. The molecule has 0 saturated heterocycles. The molecule has 3 aromatic rings. The number of benzene rings is 1. The van der Waals surface area contributed by atoms with E-state index in [1.54, 1.807) is 12.5 Å². The number of hydrogen-bond acceptors (Lipinski definition) is 1. The molecule has 0 N–H and O–H groups in total. The molecule has 0 aliphatic heterocycles. The summed E-state index contributed by atoms with van der Waals surface area (Å²) in [5, 5.41) is 0. The molecule has 3 rings (SSSR count). The van der Waals surface area contributed by atoms with E-state index in [0.717, 1.165) is 11.3 Å². The van der Waals surface area contributed by atoms with E-state index in [-0.39, 0.29) is 0 Å². The van der Waals surface area contributed by atoms with Gasteiger partial charge in [-0.25, -0.2) is 0 Å². The van der Waals surface area contributed by atoms with Crippen LogP contribution in [0.3, 0.4) is 0 Å². The van der Waals surface area contributed by atoms with Crippen LogP contribution in [0.2, 0.25) is 0 Å². The van der Waals surface area contributed by atoms with E-state index in [1.165, 1.54) is 16.9 Å². The minimum absolute atomic E-state index is 0.558. The van der Waals surface area contributed by atoms with Gasteiger partial charge in [0, 0.05) is 16.9 Å². The van der Waals surface area contributed by atoms with Gasteiger partial charge in [0.1, 0.15) is 0 Å². The Morgan fingerprint density at radius 3 is 2.30 bits per heavy atom. The first-order valence-electron chi connectivity index (χ1n) is 6.98. The Labute approximate surface area is 119 Å². The molecule has 2 nitrogen and oxygen atoms in total. The molecular weight excluding hydrogens is 246 g/mol. The van der Waals surface area contributed by atoms with Gasteiger partial charge in [-0.1, -0.05) is 26.0 Å². The van der Waals surface area contributed by atoms with Crippen LogP contribution in [0.1, 0.15) is 31.0 Å². The largest absolute Gasteiger partial charge is 0.472 e. The molecule has 20 heavy (non-hydrogen) atoms. The maximum absolute atomic E-state index is 5.21. The molecule has 0 radical (unpaired) electrons. The van der Waals surface area contributed by atoms with E-state index >= 15 is 0 Å². The summed E-state index contributed by atoms with van der Waals surface area (Å²) in [4.78, 5) is 0. The smallest absolute Gasteiger partial charge is 0.0996 e. The second-order valence-corrected chi connectivity index (χ2v) is 5.45. The monoisotopic (exact) mass is 265 g/mol. The van der Waals surface area contributed by atoms with E-state index in [1.807, 2.05) is 6.07 Å². The fraction of sp³-hybridized carbons (Fsp3) is 0.222. The summed E-state index contributed by atoms with van der Waals surface area (Å²) in [5.41, 5.74) is 6.04. The first kappa shape index (κ1) is 12.8. The number of aromatic nitrogens is 1. The first-order chi connectivity index (χ1) is 9.66. The Morgan fingerprint density at radius 1 is 0.950 bits per heavy atom. The molecule has 0 amide bonds. The third-order valence-corrected chi connectivity index (χ3v) is 3.71. The second-order valence-electron chi connectivity index (χ2n) is 5.45. The van der Waals surface area contributed by atoms with Crippen molar-refractivity contribution in [2.45, 2.75) is 26.7 Å². The third kappa shape index (κ3) is 2.18. The van der Waals surface area contributed by atoms with Crippen LogP contribution in [0.25, 0.3) is 16.9 Å². The van der Waals surface area contributed by atoms with Crippen LogP contribution in [0.5, 0.6) is 0 Å². The summed E-state index contributed by atoms with van der Waals surface area (Å²) in [6.07, 6.45) is 3.50. The first-order valence-corrected chi connectivity index (χ1v) is 6.98. The van der Waals surface area contributed by atoms with Gasteiger partial charge in [-0.2, -0.15) is 0 Å². The van der Waals surface area contributed by atoms with Gasteiger partial charge < -0.3 is 8.98 Å². The lowest BCUT2D eigenvalue weighted by Crippen LogP contribution is -1.99. The van der Waals surface area contributed by atoms with Crippen molar-refractivity contribution in [3.8, 4) is 16.9 Å². The molecule has 0 aliphatic carbocycles. The lowest BCUT2D eigenvalue weighted by atomic mass is 10.0. The minimum Gasteiger partial charge on any atom is -0.472 e. The topological polar surface area (TPSA) is 18.1 Å². The van der Waals surface area contributed by atoms with Crippen LogP contribution in [-0.2, 0) is 0 Å². The fourth-order valence-electron chi connectivity index (χ4n) is 2.53. The lowest BCUT2D eigenvalue weighted by molar-refractivity contribution is 0.568. The summed E-state index contributed by atoms with van der Waals surface area (Å²) < 4.78 is 7.47. The number of nitrogens with zero attached hydrogens (tertiary/aromatic N) is 1. The van der Waals surface area contributed by atoms with Crippen LogP contribution in [0, 0.1) is 6.92 Å². The Bertz CT molecular complexity index is 688. The van der Waals surface area contributed by atoms with Crippen LogP contribution in [-0.4, -0.2) is 4.57 Å². The van der Waals surface area contributed by atoms with Crippen molar-refractivity contribution in [1.29, 1.82) is 0 Å². The average molecular weight is 265 g/mol. The minimum atomic E-state index is 0.558. The van der Waals surface area contributed by atoms with Gasteiger partial charge in [0.05, 0.1) is 18.2 Å². The number of aryl methyl sites for hydroxylation is 1. The quantitative estimate of drug-likeness (QED) is 0.639. The van der Waals surface area contributed by atoms with Gasteiger partial charge in [0.25, 0.3) is 0 Å². The normalized spacial score (nSPS) is 11.2. The standard InChI is InChI=1S/C18H19NO/c1-13(2)15-5-7-17(8-6-15)19-14(3)4-9-18(19)16-10-11-20-12-16/h4-13H,1-3H3. The highest BCUT2D eigenvalue weighted by molar-refractivity contribution is 5.63. The molecule has 0 bridgehead atoms. The van der Waals surface area contributed by atoms with Crippen molar-refractivity contribution in [3.63, 3.8) is 0 Å². The average Bonchev–Trinajstić information content (AvgIpc) is 3.07. The van der Waals surface area contributed by atoms with E-state index in [0.29, 0.717) is 5.92 Å². The van der Waals surface area contributed by atoms with Gasteiger partial charge in [0.2, 0.25) is 0 Å². The summed E-state index contributed by atoms with van der Waals surface area (Å²) in [5.74, 6) is 0.558. The highest BCUT2D eigenvalue weighted by Gasteiger charge is 2.10. The molecule has 2 heteroatoms. The van der Waals surface area contributed by atoms with Crippen molar-refractivity contribution < 1.29 is 4.42 Å². The van der Waals surface area contributed by atoms with Gasteiger partial charge in [-0.05, 0) is 48.7 Å². The van der Waals surface area contributed by atoms with E-state index < -0.39 is 0 Å². The summed E-state index contributed by atoms with van der Waals surface area (Å²) in [7, 11) is 0. The molecule has 0 unspecified atom stereocenters. The van der Waals surface area contributed by atoms with E-state index in [9.17, 15) is 0 Å². The fourth-order valence-corrected chi connectivity index (χ4v) is 2.53. The molecule has 0 spiro atoms. The van der Waals surface area contributed by atoms with Crippen molar-refractivity contribution >= 4 is 0 Å². The molecule has 0 saturated carbocycles. The Balaban J connectivity index is 2.08. The van der Waals surface area contributed by atoms with Crippen LogP contribution in [0.15, 0.2) is 59.4 Å². The summed E-state index contributed by atoms with van der Waals surface area (Å²) in [6.45, 7) is 6.56. The second kappa shape index (κ2) is 5.04. The number of hydrogen-bond donors (Lipinski definition) is 0. The van der Waals surface area contributed by atoms with Crippen LogP contribution < -0.4 is 0 Å². The van der Waals surface area contributed by atoms with Crippen molar-refractivity contribution in [1.82, 2.24) is 4.57 Å².